The summed E-state index contributed by atoms with van der Waals surface area (Å²) in [6.45, 7) is -0.158. The lowest BCUT2D eigenvalue weighted by Crippen LogP contribution is -2.37. The molecule has 2 rings (SSSR count). The van der Waals surface area contributed by atoms with Crippen LogP contribution in [0.5, 0.6) is 0 Å². The van der Waals surface area contributed by atoms with Crippen LogP contribution in [0.2, 0.25) is 5.02 Å². The fraction of sp³-hybridized carbons (Fsp3) is 0.235. The van der Waals surface area contributed by atoms with Crippen molar-refractivity contribution in [1.82, 2.24) is 10.0 Å². The van der Waals surface area contributed by atoms with Crippen LogP contribution in [0.3, 0.4) is 0 Å². The van der Waals surface area contributed by atoms with Crippen molar-refractivity contribution in [3.8, 4) is 0 Å². The summed E-state index contributed by atoms with van der Waals surface area (Å²) < 4.78 is 26.7. The molecule has 0 heterocycles. The number of nitro benzene ring substituents is 1. The van der Waals surface area contributed by atoms with Crippen molar-refractivity contribution in [3.63, 3.8) is 0 Å². The molecule has 2 aromatic carbocycles. The Hall–Kier alpha value is -2.69. The molecule has 150 valence electrons. The fourth-order valence-electron chi connectivity index (χ4n) is 2.34. The van der Waals surface area contributed by atoms with E-state index in [1.807, 2.05) is 12.1 Å². The highest BCUT2D eigenvalue weighted by atomic mass is 35.5. The van der Waals surface area contributed by atoms with Crippen LogP contribution >= 0.6 is 11.6 Å². The van der Waals surface area contributed by atoms with Gasteiger partial charge in [0, 0.05) is 24.7 Å². The lowest BCUT2D eigenvalue weighted by Gasteiger charge is -2.09. The molecule has 0 fully saturated rings. The van der Waals surface area contributed by atoms with Gasteiger partial charge in [0.1, 0.15) is 5.69 Å². The van der Waals surface area contributed by atoms with Gasteiger partial charge in [-0.3, -0.25) is 14.9 Å². The Labute approximate surface area is 167 Å². The Kier molecular flexibility index (Phi) is 7.32. The predicted octanol–water partition coefficient (Wildman–Crippen LogP) is 1.93. The molecule has 0 spiro atoms. The molecular formula is C17H19ClN4O5S. The third-order valence-electron chi connectivity index (χ3n) is 3.82. The number of amides is 1. The molecule has 0 aliphatic carbocycles. The van der Waals surface area contributed by atoms with Crippen LogP contribution in [0.1, 0.15) is 5.56 Å². The number of benzene rings is 2. The van der Waals surface area contributed by atoms with Crippen molar-refractivity contribution in [1.29, 1.82) is 0 Å². The Balaban J connectivity index is 1.91. The van der Waals surface area contributed by atoms with Crippen molar-refractivity contribution in [2.45, 2.75) is 11.3 Å². The number of nitro groups is 1. The van der Waals surface area contributed by atoms with E-state index in [0.717, 1.165) is 11.6 Å². The van der Waals surface area contributed by atoms with Crippen molar-refractivity contribution >= 4 is 38.9 Å². The maximum Gasteiger partial charge on any atom is 0.293 e. The summed E-state index contributed by atoms with van der Waals surface area (Å²) in [5.41, 5.74) is 0.781. The minimum absolute atomic E-state index is 0.184. The third kappa shape index (κ3) is 5.91. The lowest BCUT2D eigenvalue weighted by atomic mass is 10.1. The number of hydrogen-bond acceptors (Lipinski definition) is 6. The molecule has 0 aliphatic heterocycles. The Morgan fingerprint density at radius 3 is 2.46 bits per heavy atom. The predicted molar refractivity (Wildman–Crippen MR) is 106 cm³/mol. The average molecular weight is 427 g/mol. The Bertz CT molecular complexity index is 964. The van der Waals surface area contributed by atoms with E-state index in [9.17, 15) is 23.3 Å². The van der Waals surface area contributed by atoms with Gasteiger partial charge in [-0.05, 0) is 36.2 Å². The first-order valence-corrected chi connectivity index (χ1v) is 10.1. The topological polar surface area (TPSA) is 130 Å². The zero-order chi connectivity index (χ0) is 20.7. The van der Waals surface area contributed by atoms with E-state index >= 15 is 0 Å². The molecule has 2 aromatic rings. The van der Waals surface area contributed by atoms with Gasteiger partial charge in [0.2, 0.25) is 15.9 Å². The molecule has 11 heteroatoms. The minimum atomic E-state index is -4.08. The zero-order valence-corrected chi connectivity index (χ0v) is 16.5. The number of anilines is 1. The van der Waals surface area contributed by atoms with Crippen LogP contribution in [0.4, 0.5) is 11.4 Å². The quantitative estimate of drug-likeness (QED) is 0.415. The second-order valence-corrected chi connectivity index (χ2v) is 7.94. The molecule has 0 atom stereocenters. The van der Waals surface area contributed by atoms with Crippen molar-refractivity contribution in [3.05, 3.63) is 63.2 Å². The molecule has 0 aliphatic rings. The van der Waals surface area contributed by atoms with Crippen LogP contribution in [-0.4, -0.2) is 39.4 Å². The van der Waals surface area contributed by atoms with Gasteiger partial charge in [-0.1, -0.05) is 23.7 Å². The van der Waals surface area contributed by atoms with Gasteiger partial charge in [0.05, 0.1) is 16.4 Å². The van der Waals surface area contributed by atoms with Crippen molar-refractivity contribution < 1.29 is 18.1 Å². The monoisotopic (exact) mass is 426 g/mol. The first-order chi connectivity index (χ1) is 13.2. The largest absolute Gasteiger partial charge is 0.383 e. The molecule has 0 saturated heterocycles. The highest BCUT2D eigenvalue weighted by molar-refractivity contribution is 7.89. The standard InChI is InChI=1S/C17H19ClN4O5S/c1-19-15-7-6-14(10-16(15)22(24)25)28(26,27)21-11-17(23)20-9-8-12-2-4-13(18)5-3-12/h2-7,10,19,21H,8-9,11H2,1H3,(H,20,23). The van der Waals surface area contributed by atoms with Gasteiger partial charge in [0.15, 0.2) is 0 Å². The summed E-state index contributed by atoms with van der Waals surface area (Å²) in [6.07, 6.45) is 0.563. The van der Waals surface area contributed by atoms with E-state index in [2.05, 4.69) is 15.4 Å². The molecule has 28 heavy (non-hydrogen) atoms. The summed E-state index contributed by atoms with van der Waals surface area (Å²) in [5.74, 6) is -0.515. The van der Waals surface area contributed by atoms with E-state index in [-0.39, 0.29) is 16.3 Å². The van der Waals surface area contributed by atoms with Gasteiger partial charge in [-0.15, -0.1) is 0 Å². The molecule has 0 radical (unpaired) electrons. The zero-order valence-electron chi connectivity index (χ0n) is 14.9. The molecule has 9 nitrogen and oxygen atoms in total. The summed E-state index contributed by atoms with van der Waals surface area (Å²) in [4.78, 5) is 21.9. The number of rotatable bonds is 9. The molecule has 0 unspecified atom stereocenters. The Morgan fingerprint density at radius 1 is 1.18 bits per heavy atom. The smallest absolute Gasteiger partial charge is 0.293 e. The molecule has 3 N–H and O–H groups in total. The van der Waals surface area contributed by atoms with Crippen molar-refractivity contribution in [2.75, 3.05) is 25.5 Å². The highest BCUT2D eigenvalue weighted by Crippen LogP contribution is 2.26. The van der Waals surface area contributed by atoms with E-state index in [1.165, 1.54) is 19.2 Å². The van der Waals surface area contributed by atoms with Gasteiger partial charge in [-0.25, -0.2) is 13.1 Å². The van der Waals surface area contributed by atoms with Crippen LogP contribution in [-0.2, 0) is 21.2 Å². The van der Waals surface area contributed by atoms with Crippen LogP contribution in [0, 0.1) is 10.1 Å². The number of nitrogens with zero attached hydrogens (tertiary/aromatic N) is 1. The normalized spacial score (nSPS) is 11.1. The van der Waals surface area contributed by atoms with E-state index < -0.39 is 27.4 Å². The van der Waals surface area contributed by atoms with Gasteiger partial charge >= 0.3 is 0 Å². The van der Waals surface area contributed by atoms with Crippen LogP contribution in [0.15, 0.2) is 47.4 Å². The SMILES string of the molecule is CNc1ccc(S(=O)(=O)NCC(=O)NCCc2ccc(Cl)cc2)cc1[N+](=O)[O-]. The maximum atomic E-state index is 12.3. The minimum Gasteiger partial charge on any atom is -0.383 e. The lowest BCUT2D eigenvalue weighted by molar-refractivity contribution is -0.384. The Morgan fingerprint density at radius 2 is 1.86 bits per heavy atom. The first kappa shape index (κ1) is 21.6. The number of carbonyl (C=O) groups is 1. The number of halogens is 1. The number of sulfonamides is 1. The second-order valence-electron chi connectivity index (χ2n) is 5.74. The average Bonchev–Trinajstić information content (AvgIpc) is 2.67. The molecular weight excluding hydrogens is 408 g/mol. The molecule has 0 saturated carbocycles. The second kappa shape index (κ2) is 9.49. The fourth-order valence-corrected chi connectivity index (χ4v) is 3.47. The summed E-state index contributed by atoms with van der Waals surface area (Å²) in [5, 5.41) is 16.9. The van der Waals surface area contributed by atoms with Gasteiger partial charge < -0.3 is 10.6 Å². The van der Waals surface area contributed by atoms with Crippen LogP contribution < -0.4 is 15.4 Å². The first-order valence-electron chi connectivity index (χ1n) is 8.20. The van der Waals surface area contributed by atoms with Gasteiger partial charge in [0.25, 0.3) is 5.69 Å². The van der Waals surface area contributed by atoms with E-state index in [4.69, 9.17) is 11.6 Å². The summed E-state index contributed by atoms with van der Waals surface area (Å²) in [7, 11) is -2.59. The van der Waals surface area contributed by atoms with E-state index in [1.54, 1.807) is 12.1 Å². The van der Waals surface area contributed by atoms with Crippen LogP contribution in [0.25, 0.3) is 0 Å². The highest BCUT2D eigenvalue weighted by Gasteiger charge is 2.21. The number of hydrogen-bond donors (Lipinski definition) is 3. The number of nitrogens with one attached hydrogen (secondary N) is 3. The molecule has 0 aromatic heterocycles. The summed E-state index contributed by atoms with van der Waals surface area (Å²) >= 11 is 5.80. The maximum absolute atomic E-state index is 12.3. The summed E-state index contributed by atoms with van der Waals surface area (Å²) in [6, 6.07) is 10.6. The van der Waals surface area contributed by atoms with Crippen molar-refractivity contribution in [2.24, 2.45) is 0 Å². The number of carbonyl (C=O) groups excluding carboxylic acids is 1. The van der Waals surface area contributed by atoms with E-state index in [0.29, 0.717) is 18.0 Å². The molecule has 0 bridgehead atoms. The third-order valence-corrected chi connectivity index (χ3v) is 5.47. The molecule has 1 amide bonds. The van der Waals surface area contributed by atoms with Gasteiger partial charge in [-0.2, -0.15) is 0 Å².